The Hall–Kier alpha value is -4.07. The largest absolute Gasteiger partial charge is 0.496 e. The summed E-state index contributed by atoms with van der Waals surface area (Å²) >= 11 is 0. The first kappa shape index (κ1) is 21.8. The molecule has 174 valence electrons. The van der Waals surface area contributed by atoms with Crippen LogP contribution in [0.15, 0.2) is 59.5 Å². The number of hydrogen-bond donors (Lipinski definition) is 3. The molecule has 1 saturated carbocycles. The molecule has 2 aromatic heterocycles. The van der Waals surface area contributed by atoms with Crippen LogP contribution in [0, 0.1) is 0 Å². The third-order valence-corrected chi connectivity index (χ3v) is 6.57. The molecule has 1 aliphatic rings. The van der Waals surface area contributed by atoms with Crippen molar-refractivity contribution in [1.29, 1.82) is 0 Å². The molecule has 8 heteroatoms. The minimum Gasteiger partial charge on any atom is -0.496 e. The van der Waals surface area contributed by atoms with Crippen molar-refractivity contribution >= 4 is 22.6 Å². The zero-order valence-electron chi connectivity index (χ0n) is 19.0. The van der Waals surface area contributed by atoms with Crippen molar-refractivity contribution in [2.24, 2.45) is 0 Å². The summed E-state index contributed by atoms with van der Waals surface area (Å²) in [5.74, 6) is 0.656. The number of carbonyl (C=O) groups excluding carboxylic acids is 1. The van der Waals surface area contributed by atoms with Crippen molar-refractivity contribution in [3.63, 3.8) is 0 Å². The van der Waals surface area contributed by atoms with Gasteiger partial charge in [-0.3, -0.25) is 9.59 Å². The normalized spacial score (nSPS) is 13.9. The summed E-state index contributed by atoms with van der Waals surface area (Å²) in [7, 11) is 1.55. The number of nitrogens with two attached hydrogens (primary N) is 1. The van der Waals surface area contributed by atoms with E-state index in [1.807, 2.05) is 36.5 Å². The first-order valence-corrected chi connectivity index (χ1v) is 11.5. The monoisotopic (exact) mass is 457 g/mol. The number of H-pyrrole nitrogens is 1. The summed E-state index contributed by atoms with van der Waals surface area (Å²) in [4.78, 5) is 25.3. The highest BCUT2D eigenvalue weighted by Crippen LogP contribution is 2.38. The Morgan fingerprint density at radius 2 is 1.91 bits per heavy atom. The van der Waals surface area contributed by atoms with Crippen molar-refractivity contribution in [1.82, 2.24) is 20.1 Å². The fourth-order valence-corrected chi connectivity index (χ4v) is 4.84. The summed E-state index contributed by atoms with van der Waals surface area (Å²) in [5, 5.41) is 10.2. The quantitative estimate of drug-likeness (QED) is 0.404. The molecule has 0 spiro atoms. The van der Waals surface area contributed by atoms with E-state index in [9.17, 15) is 9.59 Å². The Labute approximate surface area is 196 Å². The van der Waals surface area contributed by atoms with E-state index >= 15 is 0 Å². The number of fused-ring (bicyclic) bond motifs is 1. The maximum atomic E-state index is 12.7. The number of aromatic nitrogens is 3. The lowest BCUT2D eigenvalue weighted by Gasteiger charge is -2.12. The number of para-hydroxylation sites is 1. The Morgan fingerprint density at radius 3 is 2.65 bits per heavy atom. The molecule has 4 N–H and O–H groups in total. The van der Waals surface area contributed by atoms with Crippen LogP contribution in [0.4, 0.5) is 5.82 Å². The van der Waals surface area contributed by atoms with Crippen molar-refractivity contribution in [3.8, 4) is 16.9 Å². The predicted octanol–water partition coefficient (Wildman–Crippen LogP) is 4.03. The topological polar surface area (TPSA) is 115 Å². The molecule has 0 unspecified atom stereocenters. The number of rotatable bonds is 6. The maximum Gasteiger partial charge on any atom is 0.288 e. The molecule has 5 rings (SSSR count). The van der Waals surface area contributed by atoms with Crippen molar-refractivity contribution in [2.75, 3.05) is 12.8 Å². The van der Waals surface area contributed by atoms with Gasteiger partial charge in [-0.1, -0.05) is 49.2 Å². The lowest BCUT2D eigenvalue weighted by molar-refractivity contribution is 0.0948. The Kier molecular flexibility index (Phi) is 5.79. The fraction of sp³-hybridized carbons (Fsp3) is 0.269. The predicted molar refractivity (Wildman–Crippen MR) is 132 cm³/mol. The molecule has 1 amide bonds. The minimum atomic E-state index is -0.224. The van der Waals surface area contributed by atoms with E-state index in [0.717, 1.165) is 42.4 Å². The van der Waals surface area contributed by atoms with Gasteiger partial charge in [-0.15, -0.1) is 0 Å². The van der Waals surface area contributed by atoms with Crippen molar-refractivity contribution < 1.29 is 9.53 Å². The highest BCUT2D eigenvalue weighted by atomic mass is 16.5. The third-order valence-electron chi connectivity index (χ3n) is 6.57. The number of nitrogen functional groups attached to an aromatic ring is 1. The van der Waals surface area contributed by atoms with Crippen LogP contribution in [0.1, 0.15) is 47.6 Å². The molecule has 1 fully saturated rings. The van der Waals surface area contributed by atoms with Crippen LogP contribution in [0.5, 0.6) is 5.75 Å². The van der Waals surface area contributed by atoms with E-state index in [-0.39, 0.29) is 11.5 Å². The highest BCUT2D eigenvalue weighted by Gasteiger charge is 2.24. The van der Waals surface area contributed by atoms with Crippen LogP contribution >= 0.6 is 0 Å². The van der Waals surface area contributed by atoms with Crippen molar-refractivity contribution in [2.45, 2.75) is 38.3 Å². The standard InChI is InChI=1S/C26H27N5O3/c1-34-21-9-5-4-8-19(21)25(32)28-14-16-10-12-17(13-11-16)20-15-31(18-6-2-3-7-18)23-22(20)24(27)29-30-26(23)33/h4-5,8-13,15,18H,2-3,6-7,14H2,1H3,(H2,27,29)(H,28,32)(H,30,33). The summed E-state index contributed by atoms with van der Waals surface area (Å²) in [5.41, 5.74) is 9.86. The molecule has 0 aliphatic heterocycles. The number of ether oxygens (including phenoxy) is 1. The zero-order valence-corrected chi connectivity index (χ0v) is 19.0. The molecule has 1 aliphatic carbocycles. The van der Waals surface area contributed by atoms with Gasteiger partial charge in [0.05, 0.1) is 18.1 Å². The van der Waals surface area contributed by atoms with E-state index in [0.29, 0.717) is 40.6 Å². The van der Waals surface area contributed by atoms with Crippen molar-refractivity contribution in [3.05, 3.63) is 76.2 Å². The minimum absolute atomic E-state index is 0.195. The summed E-state index contributed by atoms with van der Waals surface area (Å²) in [6.07, 6.45) is 6.46. The Balaban J connectivity index is 1.41. The first-order valence-electron chi connectivity index (χ1n) is 11.5. The lowest BCUT2D eigenvalue weighted by Crippen LogP contribution is -2.23. The molecule has 0 saturated heterocycles. The van der Waals surface area contributed by atoms with E-state index in [1.54, 1.807) is 25.3 Å². The van der Waals surface area contributed by atoms with Crippen LogP contribution in [0.25, 0.3) is 22.0 Å². The number of methoxy groups -OCH3 is 1. The van der Waals surface area contributed by atoms with Gasteiger partial charge in [0.1, 0.15) is 11.3 Å². The van der Waals surface area contributed by atoms with Crippen LogP contribution in [-0.4, -0.2) is 27.8 Å². The summed E-state index contributed by atoms with van der Waals surface area (Å²) in [6, 6.07) is 15.3. The summed E-state index contributed by atoms with van der Waals surface area (Å²) < 4.78 is 7.35. The molecule has 34 heavy (non-hydrogen) atoms. The van der Waals surface area contributed by atoms with E-state index in [1.165, 1.54) is 0 Å². The van der Waals surface area contributed by atoms with Gasteiger partial charge in [0, 0.05) is 24.3 Å². The summed E-state index contributed by atoms with van der Waals surface area (Å²) in [6.45, 7) is 0.379. The molecule has 0 atom stereocenters. The lowest BCUT2D eigenvalue weighted by atomic mass is 10.0. The molecule has 8 nitrogen and oxygen atoms in total. The second-order valence-electron chi connectivity index (χ2n) is 8.63. The third kappa shape index (κ3) is 3.91. The number of aromatic amines is 1. The van der Waals surface area contributed by atoms with Crippen LogP contribution < -0.4 is 21.3 Å². The average molecular weight is 458 g/mol. The van der Waals surface area contributed by atoms with Gasteiger partial charge in [0.15, 0.2) is 5.82 Å². The van der Waals surface area contributed by atoms with Gasteiger partial charge in [0.2, 0.25) is 0 Å². The SMILES string of the molecule is COc1ccccc1C(=O)NCc1ccc(-c2cn(C3CCCC3)c3c(=O)[nH]nc(N)c23)cc1. The molecule has 2 heterocycles. The average Bonchev–Trinajstić information content (AvgIpc) is 3.54. The van der Waals surface area contributed by atoms with Gasteiger partial charge >= 0.3 is 0 Å². The Morgan fingerprint density at radius 1 is 1.18 bits per heavy atom. The number of amides is 1. The number of carbonyl (C=O) groups is 1. The molecule has 4 aromatic rings. The van der Waals surface area contributed by atoms with Gasteiger partial charge in [-0.25, -0.2) is 5.10 Å². The molecular formula is C26H27N5O3. The van der Waals surface area contributed by atoms with Gasteiger partial charge in [0.25, 0.3) is 11.5 Å². The van der Waals surface area contributed by atoms with Crippen LogP contribution in [0.2, 0.25) is 0 Å². The number of nitrogens with zero attached hydrogens (tertiary/aromatic N) is 2. The van der Waals surface area contributed by atoms with Crippen LogP contribution in [0.3, 0.4) is 0 Å². The number of hydrogen-bond acceptors (Lipinski definition) is 5. The molecule has 2 aromatic carbocycles. The van der Waals surface area contributed by atoms with Gasteiger partial charge < -0.3 is 20.4 Å². The zero-order chi connectivity index (χ0) is 23.7. The fourth-order valence-electron chi connectivity index (χ4n) is 4.84. The second kappa shape index (κ2) is 9.05. The number of nitrogens with one attached hydrogen (secondary N) is 2. The van der Waals surface area contributed by atoms with E-state index in [4.69, 9.17) is 10.5 Å². The van der Waals surface area contributed by atoms with E-state index < -0.39 is 0 Å². The number of anilines is 1. The van der Waals surface area contributed by atoms with Gasteiger partial charge in [-0.05, 0) is 36.1 Å². The van der Waals surface area contributed by atoms with Crippen LogP contribution in [-0.2, 0) is 6.54 Å². The molecule has 0 radical (unpaired) electrons. The Bertz CT molecular complexity index is 1400. The van der Waals surface area contributed by atoms with Gasteiger partial charge in [-0.2, -0.15) is 5.10 Å². The molecule has 0 bridgehead atoms. The maximum absolute atomic E-state index is 12.7. The smallest absolute Gasteiger partial charge is 0.288 e. The second-order valence-corrected chi connectivity index (χ2v) is 8.63. The van der Waals surface area contributed by atoms with E-state index in [2.05, 4.69) is 20.1 Å². The molecular weight excluding hydrogens is 430 g/mol. The number of benzene rings is 2. The highest BCUT2D eigenvalue weighted by molar-refractivity contribution is 6.02. The first-order chi connectivity index (χ1) is 16.6.